The van der Waals surface area contributed by atoms with Gasteiger partial charge in [-0.15, -0.1) is 0 Å². The molecule has 1 aromatic carbocycles. The molecule has 27 heavy (non-hydrogen) atoms. The lowest BCUT2D eigenvalue weighted by Crippen LogP contribution is -2.44. The van der Waals surface area contributed by atoms with Crippen LogP contribution in [0.4, 0.5) is 0 Å². The molecule has 1 aliphatic carbocycles. The van der Waals surface area contributed by atoms with Gasteiger partial charge in [0.15, 0.2) is 6.61 Å². The van der Waals surface area contributed by atoms with Gasteiger partial charge in [-0.05, 0) is 37.7 Å². The maximum atomic E-state index is 11.7. The highest BCUT2D eigenvalue weighted by Gasteiger charge is 2.36. The lowest BCUT2D eigenvalue weighted by molar-refractivity contribution is -0.125. The van der Waals surface area contributed by atoms with E-state index in [4.69, 9.17) is 15.2 Å². The number of primary amides is 1. The van der Waals surface area contributed by atoms with Crippen LogP contribution in [-0.2, 0) is 14.3 Å². The number of rotatable bonds is 6. The average molecular weight is 374 g/mol. The van der Waals surface area contributed by atoms with Gasteiger partial charge in [-0.2, -0.15) is 0 Å². The van der Waals surface area contributed by atoms with Crippen LogP contribution in [0.15, 0.2) is 24.3 Å². The molecular weight excluding hydrogens is 344 g/mol. The van der Waals surface area contributed by atoms with E-state index in [0.717, 1.165) is 12.0 Å². The summed E-state index contributed by atoms with van der Waals surface area (Å²) in [5, 5.41) is 3.09. The highest BCUT2D eigenvalue weighted by molar-refractivity contribution is 5.75. The number of carbonyl (C=O) groups is 2. The zero-order chi connectivity index (χ0) is 19.2. The molecule has 3 rings (SSSR count). The molecule has 0 unspecified atom stereocenters. The molecule has 6 heteroatoms. The standard InChI is InChI=1S/C21H30N2O4/c1-14(24)23-16-11-19(15-7-3-2-4-8-15)27-20(12-16)17-9-5-6-10-18(17)26-13-21(22)25/h5-6,9-10,15-16,19-20H,2-4,7-8,11-13H2,1H3,(H2,22,25)(H,23,24)/t16-,19-,20+/m1/s1. The fraction of sp³-hybridized carbons (Fsp3) is 0.619. The molecular formula is C21H30N2O4. The number of hydrogen-bond donors (Lipinski definition) is 2. The highest BCUT2D eigenvalue weighted by atomic mass is 16.5. The molecule has 3 N–H and O–H groups in total. The molecule has 2 aliphatic rings. The third-order valence-electron chi connectivity index (χ3n) is 5.57. The second-order valence-corrected chi connectivity index (χ2v) is 7.72. The molecule has 6 nitrogen and oxygen atoms in total. The number of carbonyl (C=O) groups excluding carboxylic acids is 2. The second kappa shape index (κ2) is 9.22. The SMILES string of the molecule is CC(=O)N[C@H]1C[C@@H](c2ccccc2OCC(N)=O)O[C@@H](C2CCCCC2)C1. The van der Waals surface area contributed by atoms with E-state index in [-0.39, 0.29) is 30.8 Å². The van der Waals surface area contributed by atoms with Gasteiger partial charge in [-0.3, -0.25) is 9.59 Å². The Bertz CT molecular complexity index is 657. The fourth-order valence-corrected chi connectivity index (χ4v) is 4.40. The van der Waals surface area contributed by atoms with Crippen LogP contribution in [0, 0.1) is 5.92 Å². The van der Waals surface area contributed by atoms with Crippen molar-refractivity contribution in [2.75, 3.05) is 6.61 Å². The van der Waals surface area contributed by atoms with Crippen molar-refractivity contribution in [3.63, 3.8) is 0 Å². The van der Waals surface area contributed by atoms with Crippen molar-refractivity contribution in [3.8, 4) is 5.75 Å². The molecule has 1 saturated heterocycles. The summed E-state index contributed by atoms with van der Waals surface area (Å²) in [6, 6.07) is 7.69. The molecule has 0 bridgehead atoms. The summed E-state index contributed by atoms with van der Waals surface area (Å²) in [6.45, 7) is 1.40. The first-order valence-electron chi connectivity index (χ1n) is 9.95. The lowest BCUT2D eigenvalue weighted by Gasteiger charge is -2.41. The van der Waals surface area contributed by atoms with Crippen LogP contribution >= 0.6 is 0 Å². The Morgan fingerprint density at radius 3 is 2.63 bits per heavy atom. The van der Waals surface area contributed by atoms with Crippen molar-refractivity contribution < 1.29 is 19.1 Å². The van der Waals surface area contributed by atoms with Crippen molar-refractivity contribution in [1.82, 2.24) is 5.32 Å². The van der Waals surface area contributed by atoms with E-state index in [0.29, 0.717) is 18.1 Å². The van der Waals surface area contributed by atoms with Gasteiger partial charge in [0.05, 0.1) is 12.2 Å². The predicted molar refractivity (Wildman–Crippen MR) is 102 cm³/mol. The van der Waals surface area contributed by atoms with E-state index < -0.39 is 5.91 Å². The Kier molecular flexibility index (Phi) is 6.72. The molecule has 1 heterocycles. The topological polar surface area (TPSA) is 90.6 Å². The van der Waals surface area contributed by atoms with Crippen LogP contribution in [0.5, 0.6) is 5.75 Å². The van der Waals surface area contributed by atoms with Gasteiger partial charge < -0.3 is 20.5 Å². The Morgan fingerprint density at radius 1 is 1.19 bits per heavy atom. The third-order valence-corrected chi connectivity index (χ3v) is 5.57. The van der Waals surface area contributed by atoms with Crippen LogP contribution in [0.1, 0.15) is 63.5 Å². The number of para-hydroxylation sites is 1. The van der Waals surface area contributed by atoms with Crippen molar-refractivity contribution in [2.24, 2.45) is 11.7 Å². The summed E-state index contributed by atoms with van der Waals surface area (Å²) in [6.07, 6.45) is 7.66. The highest BCUT2D eigenvalue weighted by Crippen LogP contribution is 2.41. The van der Waals surface area contributed by atoms with Crippen LogP contribution in [0.2, 0.25) is 0 Å². The zero-order valence-electron chi connectivity index (χ0n) is 16.0. The normalized spacial score (nSPS) is 26.3. The van der Waals surface area contributed by atoms with Gasteiger partial charge in [0, 0.05) is 18.5 Å². The van der Waals surface area contributed by atoms with Gasteiger partial charge in [0.2, 0.25) is 5.91 Å². The first-order chi connectivity index (χ1) is 13.0. The maximum Gasteiger partial charge on any atom is 0.255 e. The molecule has 1 saturated carbocycles. The Labute approximate surface area is 160 Å². The van der Waals surface area contributed by atoms with Gasteiger partial charge in [-0.25, -0.2) is 0 Å². The summed E-state index contributed by atoms with van der Waals surface area (Å²) < 4.78 is 12.1. The van der Waals surface area contributed by atoms with Gasteiger partial charge in [-0.1, -0.05) is 37.5 Å². The average Bonchev–Trinajstić information content (AvgIpc) is 2.66. The second-order valence-electron chi connectivity index (χ2n) is 7.72. The summed E-state index contributed by atoms with van der Waals surface area (Å²) >= 11 is 0. The van der Waals surface area contributed by atoms with Crippen LogP contribution in [-0.4, -0.2) is 30.6 Å². The number of nitrogens with two attached hydrogens (primary N) is 1. The van der Waals surface area contributed by atoms with E-state index in [1.54, 1.807) is 6.92 Å². The van der Waals surface area contributed by atoms with Crippen molar-refractivity contribution in [2.45, 2.75) is 70.1 Å². The Balaban J connectivity index is 1.79. The third kappa shape index (κ3) is 5.45. The number of ether oxygens (including phenoxy) is 2. The lowest BCUT2D eigenvalue weighted by atomic mass is 9.80. The van der Waals surface area contributed by atoms with E-state index in [1.165, 1.54) is 32.1 Å². The van der Waals surface area contributed by atoms with E-state index in [9.17, 15) is 9.59 Å². The van der Waals surface area contributed by atoms with Gasteiger partial charge >= 0.3 is 0 Å². The monoisotopic (exact) mass is 374 g/mol. The Morgan fingerprint density at radius 2 is 1.93 bits per heavy atom. The molecule has 0 aromatic heterocycles. The minimum Gasteiger partial charge on any atom is -0.483 e. The molecule has 2 amide bonds. The van der Waals surface area contributed by atoms with Crippen LogP contribution in [0.3, 0.4) is 0 Å². The maximum absolute atomic E-state index is 11.7. The molecule has 1 aliphatic heterocycles. The first kappa shape index (κ1) is 19.7. The number of hydrogen-bond acceptors (Lipinski definition) is 4. The summed E-state index contributed by atoms with van der Waals surface area (Å²) in [7, 11) is 0. The van der Waals surface area contributed by atoms with Crippen molar-refractivity contribution in [1.29, 1.82) is 0 Å². The minimum atomic E-state index is -0.509. The van der Waals surface area contributed by atoms with Crippen LogP contribution in [0.25, 0.3) is 0 Å². The zero-order valence-corrected chi connectivity index (χ0v) is 16.0. The summed E-state index contributed by atoms with van der Waals surface area (Å²) in [5.74, 6) is 0.635. The van der Waals surface area contributed by atoms with Gasteiger partial charge in [0.1, 0.15) is 5.75 Å². The molecule has 1 aromatic rings. The quantitative estimate of drug-likeness (QED) is 0.801. The number of nitrogens with one attached hydrogen (secondary N) is 1. The predicted octanol–water partition coefficient (Wildman–Crippen LogP) is 2.86. The largest absolute Gasteiger partial charge is 0.483 e. The van der Waals surface area contributed by atoms with Crippen molar-refractivity contribution >= 4 is 11.8 Å². The molecule has 2 fully saturated rings. The van der Waals surface area contributed by atoms with Crippen molar-refractivity contribution in [3.05, 3.63) is 29.8 Å². The molecule has 0 spiro atoms. The van der Waals surface area contributed by atoms with Gasteiger partial charge in [0.25, 0.3) is 5.91 Å². The number of amides is 2. The van der Waals surface area contributed by atoms with E-state index in [2.05, 4.69) is 5.32 Å². The van der Waals surface area contributed by atoms with E-state index >= 15 is 0 Å². The van der Waals surface area contributed by atoms with Crippen LogP contribution < -0.4 is 15.8 Å². The fourth-order valence-electron chi connectivity index (χ4n) is 4.40. The van der Waals surface area contributed by atoms with E-state index in [1.807, 2.05) is 24.3 Å². The first-order valence-corrected chi connectivity index (χ1v) is 9.95. The molecule has 0 radical (unpaired) electrons. The minimum absolute atomic E-state index is 0.0127. The summed E-state index contributed by atoms with van der Waals surface area (Å²) in [4.78, 5) is 22.8. The smallest absolute Gasteiger partial charge is 0.255 e. The summed E-state index contributed by atoms with van der Waals surface area (Å²) in [5.41, 5.74) is 6.13. The number of benzene rings is 1. The Hall–Kier alpha value is -2.08. The molecule has 148 valence electrons. The molecule has 3 atom stereocenters.